The highest BCUT2D eigenvalue weighted by Crippen LogP contribution is 2.16. The van der Waals surface area contributed by atoms with E-state index in [1.54, 1.807) is 0 Å². The lowest BCUT2D eigenvalue weighted by Gasteiger charge is -2.23. The standard InChI is InChI=1S/C15H25N3/c1-6-16-10-14-8-13(5)17-15(9-14)18(7-2)11-12(3)4/h8-9,16H,3,6-7,10-11H2,1-2,4-5H3. The monoisotopic (exact) mass is 247 g/mol. The molecule has 0 saturated heterocycles. The Morgan fingerprint density at radius 3 is 2.67 bits per heavy atom. The van der Waals surface area contributed by atoms with Gasteiger partial charge in [-0.25, -0.2) is 4.98 Å². The molecule has 1 aromatic heterocycles. The van der Waals surface area contributed by atoms with Gasteiger partial charge >= 0.3 is 0 Å². The number of likely N-dealkylation sites (N-methyl/N-ethyl adjacent to an activating group) is 1. The predicted octanol–water partition coefficient (Wildman–Crippen LogP) is 2.90. The molecule has 1 heterocycles. The van der Waals surface area contributed by atoms with Crippen LogP contribution in [0.5, 0.6) is 0 Å². The molecule has 0 unspecified atom stereocenters. The van der Waals surface area contributed by atoms with Gasteiger partial charge in [-0.3, -0.25) is 0 Å². The maximum absolute atomic E-state index is 4.62. The lowest BCUT2D eigenvalue weighted by atomic mass is 10.2. The van der Waals surface area contributed by atoms with Gasteiger partial charge < -0.3 is 10.2 Å². The molecule has 1 N–H and O–H groups in total. The van der Waals surface area contributed by atoms with Crippen LogP contribution in [0, 0.1) is 6.92 Å². The molecule has 0 aliphatic carbocycles. The van der Waals surface area contributed by atoms with Gasteiger partial charge in [-0.05, 0) is 45.0 Å². The van der Waals surface area contributed by atoms with Crippen LogP contribution < -0.4 is 10.2 Å². The van der Waals surface area contributed by atoms with Crippen LogP contribution in [0.15, 0.2) is 24.3 Å². The van der Waals surface area contributed by atoms with Gasteiger partial charge in [0.05, 0.1) is 0 Å². The topological polar surface area (TPSA) is 28.2 Å². The first-order chi connectivity index (χ1) is 8.56. The SMILES string of the molecule is C=C(C)CN(CC)c1cc(CNCC)cc(C)n1. The summed E-state index contributed by atoms with van der Waals surface area (Å²) in [5.41, 5.74) is 3.52. The van der Waals surface area contributed by atoms with Crippen LogP contribution in [0.25, 0.3) is 0 Å². The van der Waals surface area contributed by atoms with Crippen molar-refractivity contribution in [2.45, 2.75) is 34.2 Å². The zero-order valence-corrected chi connectivity index (χ0v) is 12.1. The summed E-state index contributed by atoms with van der Waals surface area (Å²) in [5, 5.41) is 3.35. The zero-order chi connectivity index (χ0) is 13.5. The number of rotatable bonds is 7. The number of aromatic nitrogens is 1. The lowest BCUT2D eigenvalue weighted by molar-refractivity contribution is 0.723. The van der Waals surface area contributed by atoms with E-state index in [1.807, 2.05) is 6.92 Å². The van der Waals surface area contributed by atoms with E-state index in [4.69, 9.17) is 0 Å². The van der Waals surface area contributed by atoms with Gasteiger partial charge in [0.25, 0.3) is 0 Å². The maximum Gasteiger partial charge on any atom is 0.129 e. The van der Waals surface area contributed by atoms with E-state index in [9.17, 15) is 0 Å². The Morgan fingerprint density at radius 2 is 2.11 bits per heavy atom. The molecule has 1 rings (SSSR count). The van der Waals surface area contributed by atoms with Crippen LogP contribution in [0.1, 0.15) is 32.0 Å². The van der Waals surface area contributed by atoms with Crippen LogP contribution in [0.4, 0.5) is 5.82 Å². The van der Waals surface area contributed by atoms with Gasteiger partial charge in [-0.1, -0.05) is 19.1 Å². The fourth-order valence-electron chi connectivity index (χ4n) is 1.94. The van der Waals surface area contributed by atoms with Gasteiger partial charge in [0.2, 0.25) is 0 Å². The molecule has 3 heteroatoms. The van der Waals surface area contributed by atoms with Crippen molar-refractivity contribution in [2.24, 2.45) is 0 Å². The molecule has 0 atom stereocenters. The number of pyridine rings is 1. The van der Waals surface area contributed by atoms with Crippen LogP contribution in [0.2, 0.25) is 0 Å². The number of nitrogens with one attached hydrogen (secondary N) is 1. The van der Waals surface area contributed by atoms with Crippen molar-refractivity contribution in [2.75, 3.05) is 24.5 Å². The number of hydrogen-bond donors (Lipinski definition) is 1. The summed E-state index contributed by atoms with van der Waals surface area (Å²) in [6.07, 6.45) is 0. The van der Waals surface area contributed by atoms with Gasteiger partial charge in [0.1, 0.15) is 5.82 Å². The third kappa shape index (κ3) is 4.49. The van der Waals surface area contributed by atoms with Gasteiger partial charge in [-0.2, -0.15) is 0 Å². The van der Waals surface area contributed by atoms with Gasteiger partial charge in [-0.15, -0.1) is 0 Å². The van der Waals surface area contributed by atoms with E-state index in [2.05, 4.69) is 54.7 Å². The molecule has 0 saturated carbocycles. The second kappa shape index (κ2) is 7.17. The van der Waals surface area contributed by atoms with Crippen LogP contribution in [-0.2, 0) is 6.54 Å². The van der Waals surface area contributed by atoms with E-state index < -0.39 is 0 Å². The summed E-state index contributed by atoms with van der Waals surface area (Å²) in [4.78, 5) is 6.88. The number of hydrogen-bond acceptors (Lipinski definition) is 3. The fraction of sp³-hybridized carbons (Fsp3) is 0.533. The van der Waals surface area contributed by atoms with Crippen molar-refractivity contribution >= 4 is 5.82 Å². The zero-order valence-electron chi connectivity index (χ0n) is 12.1. The van der Waals surface area contributed by atoms with Crippen LogP contribution in [0.3, 0.4) is 0 Å². The third-order valence-electron chi connectivity index (χ3n) is 2.75. The van der Waals surface area contributed by atoms with Crippen molar-refractivity contribution in [1.82, 2.24) is 10.3 Å². The van der Waals surface area contributed by atoms with Gasteiger partial charge in [0.15, 0.2) is 0 Å². The molecule has 0 bridgehead atoms. The normalized spacial score (nSPS) is 10.4. The summed E-state index contributed by atoms with van der Waals surface area (Å²) in [6, 6.07) is 4.31. The summed E-state index contributed by atoms with van der Waals surface area (Å²) in [5.74, 6) is 1.05. The highest BCUT2D eigenvalue weighted by molar-refractivity contribution is 5.43. The molecule has 0 fully saturated rings. The van der Waals surface area contributed by atoms with Crippen molar-refractivity contribution in [3.8, 4) is 0 Å². The predicted molar refractivity (Wildman–Crippen MR) is 79.1 cm³/mol. The highest BCUT2D eigenvalue weighted by Gasteiger charge is 2.08. The first-order valence-corrected chi connectivity index (χ1v) is 6.64. The van der Waals surface area contributed by atoms with Crippen molar-refractivity contribution in [3.05, 3.63) is 35.5 Å². The van der Waals surface area contributed by atoms with E-state index >= 15 is 0 Å². The first-order valence-electron chi connectivity index (χ1n) is 6.64. The molecular weight excluding hydrogens is 222 g/mol. The molecule has 0 aliphatic rings. The summed E-state index contributed by atoms with van der Waals surface area (Å²) >= 11 is 0. The van der Waals surface area contributed by atoms with Crippen LogP contribution in [-0.4, -0.2) is 24.6 Å². The maximum atomic E-state index is 4.62. The second-order valence-corrected chi connectivity index (χ2v) is 4.73. The minimum Gasteiger partial charge on any atom is -0.353 e. The highest BCUT2D eigenvalue weighted by atomic mass is 15.2. The Balaban J connectivity index is 2.91. The quantitative estimate of drug-likeness (QED) is 0.751. The summed E-state index contributed by atoms with van der Waals surface area (Å²) < 4.78 is 0. The molecular formula is C15H25N3. The molecule has 18 heavy (non-hydrogen) atoms. The molecule has 3 nitrogen and oxygen atoms in total. The number of nitrogens with zero attached hydrogens (tertiary/aromatic N) is 2. The fourth-order valence-corrected chi connectivity index (χ4v) is 1.94. The molecule has 0 spiro atoms. The lowest BCUT2D eigenvalue weighted by Crippen LogP contribution is -2.26. The van der Waals surface area contributed by atoms with E-state index in [0.717, 1.165) is 43.3 Å². The first kappa shape index (κ1) is 14.7. The average Bonchev–Trinajstić information content (AvgIpc) is 2.32. The Hall–Kier alpha value is -1.35. The minimum absolute atomic E-state index is 0.869. The molecule has 0 aliphatic heterocycles. The Bertz CT molecular complexity index is 399. The molecule has 1 aromatic rings. The molecule has 100 valence electrons. The van der Waals surface area contributed by atoms with Crippen molar-refractivity contribution in [1.29, 1.82) is 0 Å². The summed E-state index contributed by atoms with van der Waals surface area (Å²) in [6.45, 7) is 16.1. The van der Waals surface area contributed by atoms with Crippen molar-refractivity contribution in [3.63, 3.8) is 0 Å². The summed E-state index contributed by atoms with van der Waals surface area (Å²) in [7, 11) is 0. The number of aryl methyl sites for hydroxylation is 1. The van der Waals surface area contributed by atoms with E-state index in [-0.39, 0.29) is 0 Å². The van der Waals surface area contributed by atoms with Crippen molar-refractivity contribution < 1.29 is 0 Å². The van der Waals surface area contributed by atoms with E-state index in [0.29, 0.717) is 0 Å². The molecule has 0 amide bonds. The molecule has 0 aromatic carbocycles. The largest absolute Gasteiger partial charge is 0.353 e. The van der Waals surface area contributed by atoms with Gasteiger partial charge in [0, 0.05) is 25.3 Å². The Kier molecular flexibility index (Phi) is 5.86. The smallest absolute Gasteiger partial charge is 0.129 e. The average molecular weight is 247 g/mol. The van der Waals surface area contributed by atoms with Crippen LogP contribution >= 0.6 is 0 Å². The minimum atomic E-state index is 0.869. The second-order valence-electron chi connectivity index (χ2n) is 4.73. The third-order valence-corrected chi connectivity index (χ3v) is 2.75. The molecule has 0 radical (unpaired) electrons. The Morgan fingerprint density at radius 1 is 1.39 bits per heavy atom. The van der Waals surface area contributed by atoms with E-state index in [1.165, 1.54) is 5.56 Å². The Labute approximate surface area is 111 Å². The number of anilines is 1.